The number of amides is 1. The van der Waals surface area contributed by atoms with Gasteiger partial charge >= 0.3 is 0 Å². The fraction of sp³-hybridized carbons (Fsp3) is 0.733. The van der Waals surface area contributed by atoms with E-state index in [9.17, 15) is 9.90 Å². The summed E-state index contributed by atoms with van der Waals surface area (Å²) in [5, 5.41) is 17.3. The number of ether oxygens (including phenoxy) is 2. The number of carbonyl (C=O) groups is 1. The number of nitrogens with zero attached hydrogens (tertiary/aromatic N) is 3. The van der Waals surface area contributed by atoms with Crippen LogP contribution in [0.3, 0.4) is 0 Å². The maximum absolute atomic E-state index is 12.2. The van der Waals surface area contributed by atoms with Crippen molar-refractivity contribution < 1.29 is 19.4 Å². The predicted octanol–water partition coefficient (Wildman–Crippen LogP) is 0.109. The summed E-state index contributed by atoms with van der Waals surface area (Å²) in [6, 6.07) is 1.64. The fourth-order valence-corrected chi connectivity index (χ4v) is 2.70. The first-order valence-corrected chi connectivity index (χ1v) is 7.76. The average Bonchev–Trinajstić information content (AvgIpc) is 2.95. The number of aliphatic hydroxyl groups is 1. The minimum Gasteiger partial charge on any atom is -0.389 e. The van der Waals surface area contributed by atoms with E-state index >= 15 is 0 Å². The molecule has 0 saturated carbocycles. The van der Waals surface area contributed by atoms with Crippen LogP contribution in [0.25, 0.3) is 0 Å². The molecule has 0 spiro atoms. The largest absolute Gasteiger partial charge is 0.389 e. The van der Waals surface area contributed by atoms with Gasteiger partial charge in [-0.15, -0.1) is 0 Å². The van der Waals surface area contributed by atoms with Gasteiger partial charge in [-0.1, -0.05) is 0 Å². The molecule has 1 aromatic heterocycles. The Kier molecular flexibility index (Phi) is 6.11. The van der Waals surface area contributed by atoms with Crippen molar-refractivity contribution in [3.63, 3.8) is 0 Å². The van der Waals surface area contributed by atoms with E-state index in [2.05, 4.69) is 10.4 Å². The first kappa shape index (κ1) is 17.9. The van der Waals surface area contributed by atoms with Crippen LogP contribution in [0.2, 0.25) is 0 Å². The molecule has 1 saturated heterocycles. The van der Waals surface area contributed by atoms with Crippen molar-refractivity contribution >= 4 is 11.7 Å². The van der Waals surface area contributed by atoms with E-state index in [1.165, 1.54) is 0 Å². The summed E-state index contributed by atoms with van der Waals surface area (Å²) in [7, 11) is 3.33. The number of carbonyl (C=O) groups excluding carboxylic acids is 1. The molecule has 0 aromatic carbocycles. The van der Waals surface area contributed by atoms with Gasteiger partial charge in [-0.05, 0) is 20.9 Å². The molecule has 2 N–H and O–H groups in total. The first-order chi connectivity index (χ1) is 10.9. The minimum atomic E-state index is -0.687. The number of anilines is 1. The van der Waals surface area contributed by atoms with Gasteiger partial charge in [0.2, 0.25) is 5.91 Å². The summed E-state index contributed by atoms with van der Waals surface area (Å²) in [6.45, 7) is 4.87. The average molecular weight is 326 g/mol. The summed E-state index contributed by atoms with van der Waals surface area (Å²) in [6.07, 6.45) is 0.593. The third kappa shape index (κ3) is 4.29. The molecule has 0 radical (unpaired) electrons. The van der Waals surface area contributed by atoms with Crippen LogP contribution in [-0.2, 0) is 14.3 Å². The van der Waals surface area contributed by atoms with Crippen LogP contribution >= 0.6 is 0 Å². The SMILES string of the molecule is CO[C@@H]1COC[C@@H](N(C)CC(=O)Nc2ccnn2C(C)C)[C@@H]1O. The molecule has 1 fully saturated rings. The summed E-state index contributed by atoms with van der Waals surface area (Å²) in [4.78, 5) is 14.0. The standard InChI is InChI=1S/C15H26N4O4/c1-10(2)19-13(5-6-16-19)17-14(20)7-18(3)11-8-23-9-12(22-4)15(11)21/h5-6,10-12,15,21H,7-9H2,1-4H3,(H,17,20)/t11-,12-,15+/m1/s1. The van der Waals surface area contributed by atoms with Crippen molar-refractivity contribution in [3.8, 4) is 0 Å². The Hall–Kier alpha value is -1.48. The number of methoxy groups -OCH3 is 1. The Morgan fingerprint density at radius 2 is 2.35 bits per heavy atom. The molecule has 0 bridgehead atoms. The normalized spacial score (nSPS) is 25.1. The number of hydrogen-bond acceptors (Lipinski definition) is 6. The summed E-state index contributed by atoms with van der Waals surface area (Å²) in [5.41, 5.74) is 0. The third-order valence-corrected chi connectivity index (χ3v) is 4.03. The Morgan fingerprint density at radius 3 is 3.00 bits per heavy atom. The molecular formula is C15H26N4O4. The lowest BCUT2D eigenvalue weighted by molar-refractivity contribution is -0.143. The quantitative estimate of drug-likeness (QED) is 0.771. The van der Waals surface area contributed by atoms with E-state index in [1.54, 1.807) is 36.0 Å². The highest BCUT2D eigenvalue weighted by molar-refractivity contribution is 5.91. The molecule has 8 nitrogen and oxygen atoms in total. The zero-order valence-corrected chi connectivity index (χ0v) is 14.1. The monoisotopic (exact) mass is 326 g/mol. The molecule has 23 heavy (non-hydrogen) atoms. The van der Waals surface area contributed by atoms with Gasteiger partial charge in [0.15, 0.2) is 0 Å². The van der Waals surface area contributed by atoms with Crippen molar-refractivity contribution in [3.05, 3.63) is 12.3 Å². The lowest BCUT2D eigenvalue weighted by Crippen LogP contribution is -2.56. The van der Waals surface area contributed by atoms with Crippen molar-refractivity contribution in [1.82, 2.24) is 14.7 Å². The Balaban J connectivity index is 1.93. The van der Waals surface area contributed by atoms with Crippen molar-refractivity contribution in [2.24, 2.45) is 0 Å². The van der Waals surface area contributed by atoms with Crippen LogP contribution in [0.4, 0.5) is 5.82 Å². The minimum absolute atomic E-state index is 0.144. The summed E-state index contributed by atoms with van der Waals surface area (Å²) < 4.78 is 12.4. The van der Waals surface area contributed by atoms with Gasteiger partial charge in [0.05, 0.1) is 32.0 Å². The molecule has 2 heterocycles. The van der Waals surface area contributed by atoms with Gasteiger partial charge in [-0.2, -0.15) is 5.10 Å². The molecule has 130 valence electrons. The number of rotatable bonds is 6. The Labute approximate surface area is 136 Å². The lowest BCUT2D eigenvalue weighted by atomic mass is 10.0. The number of aliphatic hydroxyl groups excluding tert-OH is 1. The molecule has 3 atom stereocenters. The van der Waals surface area contributed by atoms with Gasteiger partial charge in [0.25, 0.3) is 0 Å². The van der Waals surface area contributed by atoms with Gasteiger partial charge in [0.1, 0.15) is 18.0 Å². The molecule has 0 unspecified atom stereocenters. The zero-order valence-electron chi connectivity index (χ0n) is 14.1. The smallest absolute Gasteiger partial charge is 0.239 e. The molecule has 1 aliphatic rings. The zero-order chi connectivity index (χ0) is 17.0. The lowest BCUT2D eigenvalue weighted by Gasteiger charge is -2.38. The van der Waals surface area contributed by atoms with Crippen molar-refractivity contribution in [2.45, 2.75) is 38.1 Å². The Bertz CT molecular complexity index is 519. The van der Waals surface area contributed by atoms with Crippen LogP contribution < -0.4 is 5.32 Å². The highest BCUT2D eigenvalue weighted by atomic mass is 16.5. The number of hydrogen-bond donors (Lipinski definition) is 2. The second-order valence-corrected chi connectivity index (χ2v) is 6.09. The highest BCUT2D eigenvalue weighted by Gasteiger charge is 2.35. The van der Waals surface area contributed by atoms with Crippen LogP contribution in [0, 0.1) is 0 Å². The fourth-order valence-electron chi connectivity index (χ4n) is 2.70. The molecular weight excluding hydrogens is 300 g/mol. The van der Waals surface area contributed by atoms with Crippen LogP contribution in [0.15, 0.2) is 12.3 Å². The first-order valence-electron chi connectivity index (χ1n) is 7.76. The number of likely N-dealkylation sites (N-methyl/N-ethyl adjacent to an activating group) is 1. The molecule has 2 rings (SSSR count). The van der Waals surface area contributed by atoms with Gasteiger partial charge < -0.3 is 19.9 Å². The second-order valence-electron chi connectivity index (χ2n) is 6.09. The second kappa shape index (κ2) is 7.87. The summed E-state index contributed by atoms with van der Waals surface area (Å²) >= 11 is 0. The third-order valence-electron chi connectivity index (χ3n) is 4.03. The molecule has 1 aliphatic heterocycles. The molecule has 8 heteroatoms. The van der Waals surface area contributed by atoms with Crippen LogP contribution in [0.5, 0.6) is 0 Å². The van der Waals surface area contributed by atoms with Crippen molar-refractivity contribution in [2.75, 3.05) is 39.2 Å². The van der Waals surface area contributed by atoms with Gasteiger partial charge in [-0.3, -0.25) is 9.69 Å². The van der Waals surface area contributed by atoms with E-state index < -0.39 is 6.10 Å². The van der Waals surface area contributed by atoms with E-state index in [1.807, 2.05) is 13.8 Å². The molecule has 0 aliphatic carbocycles. The van der Waals surface area contributed by atoms with Crippen LogP contribution in [0.1, 0.15) is 19.9 Å². The number of aromatic nitrogens is 2. The van der Waals surface area contributed by atoms with Crippen LogP contribution in [-0.4, -0.2) is 77.9 Å². The highest BCUT2D eigenvalue weighted by Crippen LogP contribution is 2.17. The number of nitrogens with one attached hydrogen (secondary N) is 1. The topological polar surface area (TPSA) is 88.9 Å². The molecule has 1 amide bonds. The maximum Gasteiger partial charge on any atom is 0.239 e. The summed E-state index contributed by atoms with van der Waals surface area (Å²) in [5.74, 6) is 0.496. The van der Waals surface area contributed by atoms with E-state index in [0.29, 0.717) is 19.0 Å². The Morgan fingerprint density at radius 1 is 1.61 bits per heavy atom. The predicted molar refractivity (Wildman–Crippen MR) is 85.3 cm³/mol. The van der Waals surface area contributed by atoms with Gasteiger partial charge in [0, 0.05) is 19.2 Å². The van der Waals surface area contributed by atoms with E-state index in [-0.39, 0.29) is 30.6 Å². The van der Waals surface area contributed by atoms with Gasteiger partial charge in [-0.25, -0.2) is 4.68 Å². The van der Waals surface area contributed by atoms with Crippen molar-refractivity contribution in [1.29, 1.82) is 0 Å². The molecule has 1 aromatic rings. The van der Waals surface area contributed by atoms with E-state index in [0.717, 1.165) is 0 Å². The maximum atomic E-state index is 12.2. The van der Waals surface area contributed by atoms with E-state index in [4.69, 9.17) is 9.47 Å².